The van der Waals surface area contributed by atoms with Crippen molar-refractivity contribution in [3.63, 3.8) is 0 Å². The Bertz CT molecular complexity index is 446. The Labute approximate surface area is 121 Å². The van der Waals surface area contributed by atoms with Gasteiger partial charge in [-0.15, -0.1) is 0 Å². The molecule has 2 rings (SSSR count). The molecule has 20 heavy (non-hydrogen) atoms. The van der Waals surface area contributed by atoms with Gasteiger partial charge in [0.15, 0.2) is 11.5 Å². The van der Waals surface area contributed by atoms with Crippen LogP contribution in [0.15, 0.2) is 18.2 Å². The molecule has 0 amide bonds. The normalized spacial score (nSPS) is 26.6. The van der Waals surface area contributed by atoms with Crippen LogP contribution in [0.2, 0.25) is 0 Å². The first-order chi connectivity index (χ1) is 9.50. The number of benzene rings is 1. The van der Waals surface area contributed by atoms with Gasteiger partial charge in [0.25, 0.3) is 0 Å². The molecule has 1 N–H and O–H groups in total. The van der Waals surface area contributed by atoms with Crippen molar-refractivity contribution in [3.8, 4) is 11.5 Å². The Kier molecular flexibility index (Phi) is 4.59. The van der Waals surface area contributed by atoms with Gasteiger partial charge in [0.2, 0.25) is 0 Å². The van der Waals surface area contributed by atoms with Crippen molar-refractivity contribution in [2.75, 3.05) is 14.2 Å². The predicted molar refractivity (Wildman–Crippen MR) is 80.2 cm³/mol. The lowest BCUT2D eigenvalue weighted by Crippen LogP contribution is -2.32. The first-order valence-electron chi connectivity index (χ1n) is 7.45. The second-order valence-corrected chi connectivity index (χ2v) is 6.18. The third-order valence-corrected chi connectivity index (χ3v) is 4.72. The first-order valence-corrected chi connectivity index (χ1v) is 7.45. The molecule has 1 aliphatic rings. The fourth-order valence-corrected chi connectivity index (χ4v) is 3.20. The summed E-state index contributed by atoms with van der Waals surface area (Å²) in [6.07, 6.45) is 3.82. The maximum Gasteiger partial charge on any atom is 0.161 e. The van der Waals surface area contributed by atoms with Gasteiger partial charge in [0, 0.05) is 0 Å². The molecule has 1 aromatic rings. The van der Waals surface area contributed by atoms with Gasteiger partial charge in [-0.05, 0) is 55.2 Å². The minimum absolute atomic E-state index is 0.685. The SMILES string of the molecule is COc1ccc(C2(O)CCC(C(C)C)CC2)cc1OC. The highest BCUT2D eigenvalue weighted by molar-refractivity contribution is 5.44. The molecule has 0 unspecified atom stereocenters. The molecule has 0 bridgehead atoms. The quantitative estimate of drug-likeness (QED) is 0.912. The molecule has 1 aliphatic carbocycles. The topological polar surface area (TPSA) is 38.7 Å². The van der Waals surface area contributed by atoms with E-state index in [4.69, 9.17) is 9.47 Å². The number of ether oxygens (including phenoxy) is 2. The fraction of sp³-hybridized carbons (Fsp3) is 0.647. The standard InChI is InChI=1S/C17H26O3/c1-12(2)13-7-9-17(18,10-8-13)14-5-6-15(19-3)16(11-14)20-4/h5-6,11-13,18H,7-10H2,1-4H3. The van der Waals surface area contributed by atoms with Crippen LogP contribution in [0.5, 0.6) is 11.5 Å². The zero-order valence-corrected chi connectivity index (χ0v) is 13.0. The molecule has 0 atom stereocenters. The van der Waals surface area contributed by atoms with Crippen LogP contribution in [0.25, 0.3) is 0 Å². The average Bonchev–Trinajstić information content (AvgIpc) is 2.46. The summed E-state index contributed by atoms with van der Waals surface area (Å²) in [4.78, 5) is 0. The van der Waals surface area contributed by atoms with Gasteiger partial charge in [-0.25, -0.2) is 0 Å². The molecule has 112 valence electrons. The summed E-state index contributed by atoms with van der Waals surface area (Å²) >= 11 is 0. The molecule has 1 saturated carbocycles. The molecule has 1 fully saturated rings. The largest absolute Gasteiger partial charge is 0.493 e. The summed E-state index contributed by atoms with van der Waals surface area (Å²) in [5.74, 6) is 2.82. The van der Waals surface area contributed by atoms with Gasteiger partial charge in [-0.1, -0.05) is 19.9 Å². The fourth-order valence-electron chi connectivity index (χ4n) is 3.20. The van der Waals surface area contributed by atoms with Crippen molar-refractivity contribution < 1.29 is 14.6 Å². The van der Waals surface area contributed by atoms with Crippen molar-refractivity contribution in [1.82, 2.24) is 0 Å². The van der Waals surface area contributed by atoms with E-state index >= 15 is 0 Å². The highest BCUT2D eigenvalue weighted by atomic mass is 16.5. The van der Waals surface area contributed by atoms with Crippen LogP contribution in [0, 0.1) is 11.8 Å². The van der Waals surface area contributed by atoms with Crippen molar-refractivity contribution in [1.29, 1.82) is 0 Å². The molecule has 3 heteroatoms. The predicted octanol–water partition coefficient (Wildman–Crippen LogP) is 3.74. The smallest absolute Gasteiger partial charge is 0.161 e. The van der Waals surface area contributed by atoms with Crippen LogP contribution in [0.4, 0.5) is 0 Å². The van der Waals surface area contributed by atoms with E-state index in [9.17, 15) is 5.11 Å². The van der Waals surface area contributed by atoms with Crippen LogP contribution in [0.1, 0.15) is 45.1 Å². The molecule has 0 aliphatic heterocycles. The highest BCUT2D eigenvalue weighted by Gasteiger charge is 2.36. The molecule has 1 aromatic carbocycles. The van der Waals surface area contributed by atoms with Gasteiger partial charge < -0.3 is 14.6 Å². The molecule has 0 aromatic heterocycles. The van der Waals surface area contributed by atoms with Gasteiger partial charge in [-0.2, -0.15) is 0 Å². The Morgan fingerprint density at radius 2 is 1.70 bits per heavy atom. The van der Waals surface area contributed by atoms with E-state index in [1.165, 1.54) is 0 Å². The van der Waals surface area contributed by atoms with Crippen molar-refractivity contribution in [2.24, 2.45) is 11.8 Å². The highest BCUT2D eigenvalue weighted by Crippen LogP contribution is 2.43. The van der Waals surface area contributed by atoms with E-state index in [0.29, 0.717) is 17.4 Å². The molecule has 0 spiro atoms. The molecular formula is C17H26O3. The summed E-state index contributed by atoms with van der Waals surface area (Å²) in [6, 6.07) is 5.74. The zero-order chi connectivity index (χ0) is 14.8. The van der Waals surface area contributed by atoms with Crippen molar-refractivity contribution in [2.45, 2.75) is 45.1 Å². The maximum atomic E-state index is 10.9. The summed E-state index contributed by atoms with van der Waals surface area (Å²) in [7, 11) is 3.25. The van der Waals surface area contributed by atoms with E-state index in [-0.39, 0.29) is 0 Å². The number of aliphatic hydroxyl groups is 1. The first kappa shape index (κ1) is 15.2. The Balaban J connectivity index is 2.19. The second-order valence-electron chi connectivity index (χ2n) is 6.18. The lowest BCUT2D eigenvalue weighted by Gasteiger charge is -2.38. The van der Waals surface area contributed by atoms with Crippen LogP contribution in [0.3, 0.4) is 0 Å². The lowest BCUT2D eigenvalue weighted by atomic mass is 9.72. The number of methoxy groups -OCH3 is 2. The Hall–Kier alpha value is -1.22. The summed E-state index contributed by atoms with van der Waals surface area (Å²) in [5, 5.41) is 10.9. The van der Waals surface area contributed by atoms with Crippen LogP contribution in [-0.2, 0) is 5.60 Å². The van der Waals surface area contributed by atoms with Gasteiger partial charge >= 0.3 is 0 Å². The summed E-state index contributed by atoms with van der Waals surface area (Å²) < 4.78 is 10.6. The van der Waals surface area contributed by atoms with E-state index in [0.717, 1.165) is 37.2 Å². The zero-order valence-electron chi connectivity index (χ0n) is 13.0. The molecule has 3 nitrogen and oxygen atoms in total. The third kappa shape index (κ3) is 2.93. The van der Waals surface area contributed by atoms with E-state index < -0.39 is 5.60 Å². The van der Waals surface area contributed by atoms with E-state index in [2.05, 4.69) is 13.8 Å². The second kappa shape index (κ2) is 6.04. The molecular weight excluding hydrogens is 252 g/mol. The van der Waals surface area contributed by atoms with Gasteiger partial charge in [0.05, 0.1) is 19.8 Å². The van der Waals surface area contributed by atoms with Crippen molar-refractivity contribution >= 4 is 0 Å². The molecule has 0 saturated heterocycles. The van der Waals surface area contributed by atoms with Crippen LogP contribution >= 0.6 is 0 Å². The molecule has 0 heterocycles. The number of rotatable bonds is 4. The van der Waals surface area contributed by atoms with Gasteiger partial charge in [0.1, 0.15) is 0 Å². The van der Waals surface area contributed by atoms with E-state index in [1.807, 2.05) is 18.2 Å². The summed E-state index contributed by atoms with van der Waals surface area (Å²) in [5.41, 5.74) is 0.225. The van der Waals surface area contributed by atoms with E-state index in [1.54, 1.807) is 14.2 Å². The lowest BCUT2D eigenvalue weighted by molar-refractivity contribution is -0.0201. The average molecular weight is 278 g/mol. The van der Waals surface area contributed by atoms with Crippen molar-refractivity contribution in [3.05, 3.63) is 23.8 Å². The summed E-state index contributed by atoms with van der Waals surface area (Å²) in [6.45, 7) is 4.54. The molecule has 0 radical (unpaired) electrons. The maximum absolute atomic E-state index is 10.9. The van der Waals surface area contributed by atoms with Crippen LogP contribution < -0.4 is 9.47 Å². The van der Waals surface area contributed by atoms with Gasteiger partial charge in [-0.3, -0.25) is 0 Å². The minimum atomic E-state index is -0.717. The number of hydrogen-bond acceptors (Lipinski definition) is 3. The Morgan fingerprint density at radius 3 is 2.20 bits per heavy atom. The minimum Gasteiger partial charge on any atom is -0.493 e. The van der Waals surface area contributed by atoms with Crippen LogP contribution in [-0.4, -0.2) is 19.3 Å². The Morgan fingerprint density at radius 1 is 1.10 bits per heavy atom. The number of hydrogen-bond donors (Lipinski definition) is 1. The third-order valence-electron chi connectivity index (χ3n) is 4.72. The monoisotopic (exact) mass is 278 g/mol.